The van der Waals surface area contributed by atoms with Crippen molar-refractivity contribution in [3.05, 3.63) is 12.4 Å². The molecule has 2 N–H and O–H groups in total. The van der Waals surface area contributed by atoms with Gasteiger partial charge in [-0.05, 0) is 19.6 Å². The number of aromatic nitrogens is 2. The molecule has 0 aliphatic carbocycles. The average Bonchev–Trinajstić information content (AvgIpc) is 2.75. The Bertz CT molecular complexity index is 459. The molecule has 8 heteroatoms. The van der Waals surface area contributed by atoms with Gasteiger partial charge in [0.1, 0.15) is 4.90 Å². The zero-order chi connectivity index (χ0) is 13.6. The molecule has 0 aliphatic heterocycles. The molecule has 0 radical (unpaired) electrons. The minimum absolute atomic E-state index is 0.0605. The first-order valence-electron chi connectivity index (χ1n) is 5.64. The third-order valence-electron chi connectivity index (χ3n) is 2.24. The summed E-state index contributed by atoms with van der Waals surface area (Å²) < 4.78 is 28.1. The van der Waals surface area contributed by atoms with Crippen molar-refractivity contribution in [1.82, 2.24) is 14.5 Å². The first-order valence-corrected chi connectivity index (χ1v) is 8.52. The maximum absolute atomic E-state index is 12.0. The van der Waals surface area contributed by atoms with Crippen LogP contribution >= 0.6 is 11.8 Å². The zero-order valence-corrected chi connectivity index (χ0v) is 12.2. The van der Waals surface area contributed by atoms with E-state index in [-0.39, 0.29) is 17.5 Å². The summed E-state index contributed by atoms with van der Waals surface area (Å²) in [6, 6.07) is -0.120. The minimum Gasteiger partial charge on any atom is -0.396 e. The van der Waals surface area contributed by atoms with Crippen LogP contribution in [0.4, 0.5) is 0 Å². The molecule has 0 saturated carbocycles. The second kappa shape index (κ2) is 7.13. The van der Waals surface area contributed by atoms with Crippen molar-refractivity contribution in [3.63, 3.8) is 0 Å². The Morgan fingerprint density at radius 2 is 2.33 bits per heavy atom. The number of rotatable bonds is 8. The molecule has 0 bridgehead atoms. The fourth-order valence-electron chi connectivity index (χ4n) is 1.46. The first kappa shape index (κ1) is 15.5. The molecule has 1 aromatic heterocycles. The van der Waals surface area contributed by atoms with Crippen LogP contribution in [0.1, 0.15) is 13.3 Å². The van der Waals surface area contributed by atoms with Crippen LogP contribution in [0.2, 0.25) is 0 Å². The summed E-state index contributed by atoms with van der Waals surface area (Å²) in [5.74, 6) is 0.720. The monoisotopic (exact) mass is 293 g/mol. The van der Waals surface area contributed by atoms with E-state index in [4.69, 9.17) is 5.11 Å². The number of aliphatic hydroxyl groups excluding tert-OH is 1. The molecule has 1 rings (SSSR count). The van der Waals surface area contributed by atoms with Crippen molar-refractivity contribution in [3.8, 4) is 0 Å². The van der Waals surface area contributed by atoms with E-state index in [9.17, 15) is 8.42 Å². The minimum atomic E-state index is -3.50. The summed E-state index contributed by atoms with van der Waals surface area (Å²) in [6.45, 7) is 2.39. The molecule has 0 spiro atoms. The number of thioether (sulfide) groups is 1. The standard InChI is InChI=1S/C10H19N3O3S2/c1-9(8-17-2)12-18(15,16)10-6-11-13(7-10)4-3-5-14/h6-7,9,12,14H,3-5,8H2,1-2H3. The fraction of sp³-hybridized carbons (Fsp3) is 0.700. The van der Waals surface area contributed by atoms with Gasteiger partial charge in [-0.2, -0.15) is 16.9 Å². The van der Waals surface area contributed by atoms with Gasteiger partial charge in [-0.3, -0.25) is 4.68 Å². The lowest BCUT2D eigenvalue weighted by atomic mass is 10.4. The quantitative estimate of drug-likeness (QED) is 0.720. The van der Waals surface area contributed by atoms with E-state index in [1.165, 1.54) is 17.1 Å². The summed E-state index contributed by atoms with van der Waals surface area (Å²) in [5, 5.41) is 12.7. The van der Waals surface area contributed by atoms with Gasteiger partial charge in [-0.25, -0.2) is 13.1 Å². The van der Waals surface area contributed by atoms with Gasteiger partial charge in [0, 0.05) is 31.1 Å². The Morgan fingerprint density at radius 3 is 2.94 bits per heavy atom. The summed E-state index contributed by atoms with van der Waals surface area (Å²) in [4.78, 5) is 0.161. The summed E-state index contributed by atoms with van der Waals surface area (Å²) >= 11 is 1.59. The van der Waals surface area contributed by atoms with Crippen LogP contribution in [0.3, 0.4) is 0 Å². The van der Waals surface area contributed by atoms with Gasteiger partial charge >= 0.3 is 0 Å². The summed E-state index contributed by atoms with van der Waals surface area (Å²) in [5.41, 5.74) is 0. The van der Waals surface area contributed by atoms with E-state index in [1.54, 1.807) is 11.8 Å². The number of sulfonamides is 1. The van der Waals surface area contributed by atoms with Gasteiger partial charge in [0.25, 0.3) is 0 Å². The van der Waals surface area contributed by atoms with Gasteiger partial charge in [-0.1, -0.05) is 0 Å². The van der Waals surface area contributed by atoms with Gasteiger partial charge in [0.2, 0.25) is 10.0 Å². The predicted molar refractivity (Wildman–Crippen MR) is 72.1 cm³/mol. The Kier molecular flexibility index (Phi) is 6.13. The molecule has 0 saturated heterocycles. The smallest absolute Gasteiger partial charge is 0.243 e. The van der Waals surface area contributed by atoms with Crippen LogP contribution in [0.25, 0.3) is 0 Å². The van der Waals surface area contributed by atoms with Crippen molar-refractivity contribution in [2.24, 2.45) is 0 Å². The van der Waals surface area contributed by atoms with Gasteiger partial charge < -0.3 is 5.11 Å². The maximum atomic E-state index is 12.0. The van der Waals surface area contributed by atoms with Crippen molar-refractivity contribution < 1.29 is 13.5 Å². The molecule has 0 aliphatic rings. The Hall–Kier alpha value is -0.570. The molecule has 0 aromatic carbocycles. The molecule has 1 unspecified atom stereocenters. The molecule has 104 valence electrons. The third kappa shape index (κ3) is 4.60. The predicted octanol–water partition coefficient (Wildman–Crippen LogP) is 0.295. The third-order valence-corrected chi connectivity index (χ3v) is 4.62. The zero-order valence-electron chi connectivity index (χ0n) is 10.5. The molecular weight excluding hydrogens is 274 g/mol. The molecule has 6 nitrogen and oxygen atoms in total. The molecule has 18 heavy (non-hydrogen) atoms. The van der Waals surface area contributed by atoms with Gasteiger partial charge in [0.15, 0.2) is 0 Å². The maximum Gasteiger partial charge on any atom is 0.243 e. The Morgan fingerprint density at radius 1 is 1.61 bits per heavy atom. The van der Waals surface area contributed by atoms with Gasteiger partial charge in [0.05, 0.1) is 6.20 Å². The van der Waals surface area contributed by atoms with E-state index in [1.807, 2.05) is 13.2 Å². The van der Waals surface area contributed by atoms with Crippen LogP contribution in [0.15, 0.2) is 17.3 Å². The number of hydrogen-bond acceptors (Lipinski definition) is 5. The van der Waals surface area contributed by atoms with E-state index in [0.29, 0.717) is 13.0 Å². The van der Waals surface area contributed by atoms with E-state index >= 15 is 0 Å². The summed E-state index contributed by atoms with van der Waals surface area (Å²) in [6.07, 6.45) is 5.28. The number of hydrogen-bond donors (Lipinski definition) is 2. The molecule has 0 fully saturated rings. The fourth-order valence-corrected chi connectivity index (χ4v) is 3.34. The number of nitrogens with zero attached hydrogens (tertiary/aromatic N) is 2. The molecule has 1 heterocycles. The molecule has 1 atom stereocenters. The number of aryl methyl sites for hydroxylation is 1. The molecular formula is C10H19N3O3S2. The van der Waals surface area contributed by atoms with Crippen molar-refractivity contribution in [2.45, 2.75) is 30.8 Å². The van der Waals surface area contributed by atoms with Crippen LogP contribution in [0, 0.1) is 0 Å². The van der Waals surface area contributed by atoms with Crippen molar-refractivity contribution in [1.29, 1.82) is 0 Å². The normalized spacial score (nSPS) is 13.7. The van der Waals surface area contributed by atoms with E-state index < -0.39 is 10.0 Å². The van der Waals surface area contributed by atoms with Crippen LogP contribution in [0.5, 0.6) is 0 Å². The average molecular weight is 293 g/mol. The second-order valence-corrected chi connectivity index (χ2v) is 6.62. The van der Waals surface area contributed by atoms with Crippen LogP contribution in [-0.2, 0) is 16.6 Å². The van der Waals surface area contributed by atoms with E-state index in [0.717, 1.165) is 5.75 Å². The lowest BCUT2D eigenvalue weighted by Crippen LogP contribution is -2.34. The highest BCUT2D eigenvalue weighted by molar-refractivity contribution is 7.98. The van der Waals surface area contributed by atoms with Crippen molar-refractivity contribution in [2.75, 3.05) is 18.6 Å². The number of nitrogens with one attached hydrogen (secondary N) is 1. The van der Waals surface area contributed by atoms with Gasteiger partial charge in [-0.15, -0.1) is 0 Å². The van der Waals surface area contributed by atoms with Crippen LogP contribution < -0.4 is 4.72 Å². The second-order valence-electron chi connectivity index (χ2n) is 3.99. The summed E-state index contributed by atoms with van der Waals surface area (Å²) in [7, 11) is -3.50. The molecule has 1 aromatic rings. The Balaban J connectivity index is 2.69. The topological polar surface area (TPSA) is 84.2 Å². The largest absolute Gasteiger partial charge is 0.396 e. The highest BCUT2D eigenvalue weighted by Crippen LogP contribution is 2.09. The number of aliphatic hydroxyl groups is 1. The van der Waals surface area contributed by atoms with Crippen LogP contribution in [-0.4, -0.2) is 48.0 Å². The Labute approximate surface area is 112 Å². The highest BCUT2D eigenvalue weighted by Gasteiger charge is 2.18. The first-order chi connectivity index (χ1) is 8.49. The highest BCUT2D eigenvalue weighted by atomic mass is 32.2. The SMILES string of the molecule is CSCC(C)NS(=O)(=O)c1cnn(CCCO)c1. The molecule has 0 amide bonds. The van der Waals surface area contributed by atoms with E-state index in [2.05, 4.69) is 9.82 Å². The lowest BCUT2D eigenvalue weighted by molar-refractivity contribution is 0.277. The lowest BCUT2D eigenvalue weighted by Gasteiger charge is -2.11. The van der Waals surface area contributed by atoms with Crippen molar-refractivity contribution >= 4 is 21.8 Å².